The van der Waals surface area contributed by atoms with Gasteiger partial charge >= 0.3 is 36.8 Å². The normalized spacial score (nSPS) is 25.1. The summed E-state index contributed by atoms with van der Waals surface area (Å²) in [7, 11) is -3.00. The molecule has 0 saturated heterocycles. The van der Waals surface area contributed by atoms with Gasteiger partial charge in [-0.3, -0.25) is 65.5 Å². The largest absolute Gasteiger partial charge is 0.480 e. The van der Waals surface area contributed by atoms with Crippen LogP contribution >= 0.6 is 7.82 Å². The van der Waals surface area contributed by atoms with Gasteiger partial charge in [-0.25, -0.2) is 33.9 Å². The van der Waals surface area contributed by atoms with Crippen LogP contribution in [-0.4, -0.2) is 132 Å². The van der Waals surface area contributed by atoms with Crippen molar-refractivity contribution in [2.24, 2.45) is 10.8 Å². The fraction of sp³-hybridized carbons (Fsp3) is 0.703. The molecule has 9 aliphatic rings. The number of amides is 2. The zero-order chi connectivity index (χ0) is 68.8. The number of carbonyl (C=O) groups excluding carboxylic acids is 2. The van der Waals surface area contributed by atoms with Crippen molar-refractivity contribution in [1.82, 2.24) is 67.5 Å². The van der Waals surface area contributed by atoms with E-state index in [-0.39, 0.29) is 74.9 Å². The van der Waals surface area contributed by atoms with Gasteiger partial charge in [-0.1, -0.05) is 41.5 Å². The van der Waals surface area contributed by atoms with Crippen LogP contribution in [0.25, 0.3) is 33.5 Å². The first-order valence-corrected chi connectivity index (χ1v) is 35.6. The number of aryl methyl sites for hydroxylation is 3. The molecule has 6 heterocycles. The third kappa shape index (κ3) is 12.9. The summed E-state index contributed by atoms with van der Waals surface area (Å²) in [5.41, 5.74) is -2.27. The molecule has 0 radical (unpaired) electrons. The summed E-state index contributed by atoms with van der Waals surface area (Å²) in [6, 6.07) is 0. The highest BCUT2D eigenvalue weighted by Gasteiger charge is 2.57. The molecular weight excluding hydrogens is 1250 g/mol. The Kier molecular flexibility index (Phi) is 20.1. The Morgan fingerprint density at radius 3 is 1.05 bits per heavy atom. The standard InChI is InChI=1S/C23H33N5O5.C22H31N5O5.C19H29N4O6P/c1-4-12-27-17-16(18(31)28(13-5-2)21(27)33)24-19(25-17)22-6-9-23(10-7-22,11-8-22)20(32)26(3)14-15(29)30;1-3-11-26-16-15(17(30)27(12-4-2)20(26)32)24-18(25-16)21-5-8-22(9-6-21,10-7-21)19(31)23-13-14(28)29;1-3-11-22-14-13(15(24)23(12-4-2)17(22)25)20-16(21-14)18-5-8-19(9-6-18,10-7-18)29-30(26,27)28/h4-14H2,1-3H3,(H,24,25)(H,29,30);3-13H2,1-2H3,(H,23,31)(H,24,25)(H,28,29);3-12H2,1-2H3,(H,20,21)(H2,26,27,28). The zero-order valence-corrected chi connectivity index (χ0v) is 56.6. The number of nitrogens with one attached hydrogen (secondary N) is 4. The van der Waals surface area contributed by atoms with E-state index in [1.807, 2.05) is 41.5 Å². The number of hydrogen-bond acceptors (Lipinski definition) is 15. The molecule has 95 heavy (non-hydrogen) atoms. The second kappa shape index (κ2) is 27.2. The number of nitrogens with zero attached hydrogens (tertiary/aromatic N) is 10. The van der Waals surface area contributed by atoms with E-state index in [9.17, 15) is 62.3 Å². The maximum atomic E-state index is 13.1. The summed E-state index contributed by atoms with van der Waals surface area (Å²) in [5, 5.41) is 20.5. The number of aromatic amines is 3. The molecular formula is C64H93N14O16P. The maximum absolute atomic E-state index is 13.1. The van der Waals surface area contributed by atoms with E-state index in [2.05, 4.69) is 20.3 Å². The number of fused-ring (bicyclic) bond motifs is 12. The van der Waals surface area contributed by atoms with Gasteiger partial charge in [-0.2, -0.15) is 0 Å². The quantitative estimate of drug-likeness (QED) is 0.0367. The second-order valence-electron chi connectivity index (χ2n) is 27.8. The Morgan fingerprint density at radius 1 is 0.474 bits per heavy atom. The molecule has 0 aromatic carbocycles. The molecule has 8 N–H and O–H groups in total. The van der Waals surface area contributed by atoms with Gasteiger partial charge in [0.1, 0.15) is 47.1 Å². The highest BCUT2D eigenvalue weighted by molar-refractivity contribution is 7.46. The van der Waals surface area contributed by atoms with E-state index in [1.54, 1.807) is 20.7 Å². The summed E-state index contributed by atoms with van der Waals surface area (Å²) in [6.45, 7) is 13.6. The van der Waals surface area contributed by atoms with Crippen molar-refractivity contribution >= 4 is 65.1 Å². The van der Waals surface area contributed by atoms with E-state index in [1.165, 1.54) is 18.6 Å². The van der Waals surface area contributed by atoms with Crippen LogP contribution in [0.2, 0.25) is 0 Å². The lowest BCUT2D eigenvalue weighted by atomic mass is 9.53. The summed E-state index contributed by atoms with van der Waals surface area (Å²) in [5.74, 6) is -0.200. The summed E-state index contributed by atoms with van der Waals surface area (Å²) in [4.78, 5) is 169. The fourth-order valence-electron chi connectivity index (χ4n) is 16.5. The van der Waals surface area contributed by atoms with Crippen molar-refractivity contribution < 1.29 is 48.3 Å². The van der Waals surface area contributed by atoms with Crippen LogP contribution in [0.3, 0.4) is 0 Å². The Bertz CT molecular complexity index is 4310. The minimum Gasteiger partial charge on any atom is -0.480 e. The van der Waals surface area contributed by atoms with Crippen LogP contribution in [0.5, 0.6) is 0 Å². The number of H-pyrrole nitrogens is 3. The Hall–Kier alpha value is -7.56. The van der Waals surface area contributed by atoms with E-state index in [0.29, 0.717) is 175 Å². The molecule has 9 saturated carbocycles. The van der Waals surface area contributed by atoms with E-state index in [0.717, 1.165) is 69.4 Å². The second-order valence-corrected chi connectivity index (χ2v) is 29.0. The number of likely N-dealkylation sites (N-methyl/N-ethyl adjacent to an activating group) is 1. The first-order valence-electron chi connectivity index (χ1n) is 34.0. The first-order chi connectivity index (χ1) is 45.1. The van der Waals surface area contributed by atoms with Crippen molar-refractivity contribution in [3.8, 4) is 0 Å². The monoisotopic (exact) mass is 1340 g/mol. The number of carboxylic acid groups (broad SMARTS) is 2. The third-order valence-electron chi connectivity index (χ3n) is 21.8. The number of carbonyl (C=O) groups is 4. The molecule has 0 unspecified atom stereocenters. The molecule has 31 heteroatoms. The Balaban J connectivity index is 0.000000155. The van der Waals surface area contributed by atoms with Gasteiger partial charge < -0.3 is 45.2 Å². The molecule has 15 rings (SSSR count). The third-order valence-corrected chi connectivity index (χ3v) is 22.4. The van der Waals surface area contributed by atoms with Crippen LogP contribution in [0.1, 0.15) is 213 Å². The molecule has 0 atom stereocenters. The molecule has 0 aliphatic heterocycles. The molecule has 9 aliphatic carbocycles. The van der Waals surface area contributed by atoms with E-state index < -0.39 is 36.2 Å². The number of carboxylic acids is 2. The number of hydrogen-bond donors (Lipinski definition) is 8. The van der Waals surface area contributed by atoms with E-state index in [4.69, 9.17) is 29.7 Å². The van der Waals surface area contributed by atoms with Gasteiger partial charge in [-0.15, -0.1) is 0 Å². The van der Waals surface area contributed by atoms with Gasteiger partial charge in [0.05, 0.1) is 5.60 Å². The molecule has 6 bridgehead atoms. The van der Waals surface area contributed by atoms with Crippen LogP contribution in [0.4, 0.5) is 0 Å². The van der Waals surface area contributed by atoms with Gasteiger partial charge in [0.2, 0.25) is 11.8 Å². The number of rotatable bonds is 23. The minimum absolute atomic E-state index is 0.0953. The molecule has 2 amide bonds. The molecule has 520 valence electrons. The lowest BCUT2D eigenvalue weighted by molar-refractivity contribution is -0.153. The smallest absolute Gasteiger partial charge is 0.470 e. The van der Waals surface area contributed by atoms with Crippen molar-refractivity contribution in [2.45, 2.75) is 257 Å². The van der Waals surface area contributed by atoms with Crippen molar-refractivity contribution in [1.29, 1.82) is 0 Å². The van der Waals surface area contributed by atoms with Crippen LogP contribution in [0.15, 0.2) is 28.8 Å². The number of aliphatic carboxylic acids is 2. The van der Waals surface area contributed by atoms with Crippen molar-refractivity contribution in [3.63, 3.8) is 0 Å². The van der Waals surface area contributed by atoms with Gasteiger partial charge in [0.25, 0.3) is 16.7 Å². The topological polar surface area (TPSA) is 409 Å². The SMILES string of the molecule is CCCn1c(=O)c2[nH]c(C34CCC(C(=O)N(C)CC(=O)O)(CC3)CC4)nc2n(CCC)c1=O.CCCn1c(=O)c2[nH]c(C34CCC(C(=O)NCC(=O)O)(CC3)CC4)nc2n(CCC)c1=O.CCCn1c(=O)c2[nH]c(C34CCC(OP(=O)(O)O)(CC3)CC4)nc2n(CCC)c1=O. The first kappa shape index (κ1) is 70.2. The lowest BCUT2D eigenvalue weighted by Crippen LogP contribution is -2.53. The number of aromatic nitrogens is 12. The predicted octanol–water partition coefficient (Wildman–Crippen LogP) is 5.50. The molecule has 9 fully saturated rings. The molecule has 6 aromatic rings. The predicted molar refractivity (Wildman–Crippen MR) is 350 cm³/mol. The van der Waals surface area contributed by atoms with E-state index >= 15 is 0 Å². The van der Waals surface area contributed by atoms with Crippen molar-refractivity contribution in [2.75, 3.05) is 20.1 Å². The summed E-state index contributed by atoms with van der Waals surface area (Å²) < 4.78 is 25.2. The summed E-state index contributed by atoms with van der Waals surface area (Å²) >= 11 is 0. The lowest BCUT2D eigenvalue weighted by Gasteiger charge is -2.52. The zero-order valence-electron chi connectivity index (χ0n) is 55.7. The van der Waals surface area contributed by atoms with Gasteiger partial charge in [0.15, 0.2) is 16.9 Å². The highest BCUT2D eigenvalue weighted by atomic mass is 31.2. The maximum Gasteiger partial charge on any atom is 0.470 e. The fourth-order valence-corrected chi connectivity index (χ4v) is 17.2. The average molecular weight is 1350 g/mol. The Labute approximate surface area is 546 Å². The van der Waals surface area contributed by atoms with Gasteiger partial charge in [0, 0.05) is 73.4 Å². The van der Waals surface area contributed by atoms with Gasteiger partial charge in [-0.05, 0) is 154 Å². The molecule has 0 spiro atoms. The minimum atomic E-state index is -4.55. The van der Waals surface area contributed by atoms with Crippen molar-refractivity contribution in [3.05, 3.63) is 80.0 Å². The number of phosphoric acid groups is 1. The number of imidazole rings is 3. The summed E-state index contributed by atoms with van der Waals surface area (Å²) in [6.07, 6.45) is 16.2. The van der Waals surface area contributed by atoms with Crippen LogP contribution in [-0.2, 0) is 83.8 Å². The Morgan fingerprint density at radius 2 is 0.768 bits per heavy atom. The van der Waals surface area contributed by atoms with Crippen LogP contribution < -0.4 is 39.1 Å². The average Bonchev–Trinajstić information content (AvgIpc) is 1.67. The number of phosphoric ester groups is 1. The van der Waals surface area contributed by atoms with Crippen LogP contribution in [0, 0.1) is 10.8 Å². The highest BCUT2D eigenvalue weighted by Crippen LogP contribution is 2.61. The molecule has 30 nitrogen and oxygen atoms in total. The molecule has 6 aromatic heterocycles.